The lowest BCUT2D eigenvalue weighted by Gasteiger charge is -2.07. The first kappa shape index (κ1) is 15.8. The average molecular weight is 343 g/mol. The van der Waals surface area contributed by atoms with Crippen LogP contribution < -0.4 is 10.6 Å². The molecule has 3 N–H and O–H groups in total. The number of amides is 1. The van der Waals surface area contributed by atoms with Crippen molar-refractivity contribution in [2.24, 2.45) is 0 Å². The number of carbonyl (C=O) groups excluding carboxylic acids is 1. The Kier molecular flexibility index (Phi) is 4.07. The van der Waals surface area contributed by atoms with Crippen molar-refractivity contribution < 1.29 is 4.79 Å². The van der Waals surface area contributed by atoms with Crippen LogP contribution in [0.4, 0.5) is 11.4 Å². The Hall–Kier alpha value is -3.67. The minimum Gasteiger partial charge on any atom is -0.387 e. The topological polar surface area (TPSA) is 82.7 Å². The Bertz CT molecular complexity index is 1040. The van der Waals surface area contributed by atoms with Crippen LogP contribution in [0.3, 0.4) is 0 Å². The van der Waals surface area contributed by atoms with Crippen LogP contribution in [0.2, 0.25) is 0 Å². The third-order valence-corrected chi connectivity index (χ3v) is 4.09. The maximum absolute atomic E-state index is 12.4. The predicted molar refractivity (Wildman–Crippen MR) is 103 cm³/mol. The van der Waals surface area contributed by atoms with E-state index < -0.39 is 0 Å². The average Bonchev–Trinajstić information content (AvgIpc) is 3.13. The molecular formula is C20H17N5O. The van der Waals surface area contributed by atoms with E-state index in [2.05, 4.69) is 25.6 Å². The molecule has 6 heteroatoms. The Morgan fingerprint density at radius 1 is 1.00 bits per heavy atom. The van der Waals surface area contributed by atoms with Gasteiger partial charge in [0.15, 0.2) is 0 Å². The van der Waals surface area contributed by atoms with E-state index in [-0.39, 0.29) is 5.91 Å². The normalized spacial score (nSPS) is 10.7. The molecule has 0 saturated carbocycles. The molecule has 128 valence electrons. The number of para-hydroxylation sites is 2. The molecule has 4 rings (SSSR count). The van der Waals surface area contributed by atoms with Crippen molar-refractivity contribution in [2.45, 2.75) is 0 Å². The molecule has 0 aliphatic heterocycles. The second kappa shape index (κ2) is 6.68. The summed E-state index contributed by atoms with van der Waals surface area (Å²) >= 11 is 0. The molecule has 1 amide bonds. The number of aromatic nitrogens is 3. The number of anilines is 2. The molecule has 26 heavy (non-hydrogen) atoms. The third kappa shape index (κ3) is 3.12. The fraction of sp³-hybridized carbons (Fsp3) is 0.0500. The molecule has 0 unspecified atom stereocenters. The molecule has 6 nitrogen and oxygen atoms in total. The molecule has 0 spiro atoms. The van der Waals surface area contributed by atoms with Crippen LogP contribution >= 0.6 is 0 Å². The van der Waals surface area contributed by atoms with Crippen molar-refractivity contribution in [3.05, 3.63) is 72.6 Å². The van der Waals surface area contributed by atoms with Crippen molar-refractivity contribution in [2.75, 3.05) is 17.7 Å². The zero-order valence-electron chi connectivity index (χ0n) is 14.2. The molecule has 0 saturated heterocycles. The van der Waals surface area contributed by atoms with Crippen LogP contribution in [0.25, 0.3) is 22.4 Å². The van der Waals surface area contributed by atoms with Gasteiger partial charge in [0.1, 0.15) is 5.82 Å². The largest absolute Gasteiger partial charge is 0.387 e. The summed E-state index contributed by atoms with van der Waals surface area (Å²) in [5, 5.41) is 5.85. The van der Waals surface area contributed by atoms with Gasteiger partial charge in [-0.05, 0) is 42.5 Å². The highest BCUT2D eigenvalue weighted by atomic mass is 16.1. The van der Waals surface area contributed by atoms with Gasteiger partial charge < -0.3 is 15.6 Å². The number of rotatable bonds is 4. The van der Waals surface area contributed by atoms with Gasteiger partial charge in [-0.2, -0.15) is 0 Å². The SMILES string of the molecule is CNc1cncc(C(=O)Nc2ccc(-c3nc4ccccc4[nH]3)cc2)c1. The lowest BCUT2D eigenvalue weighted by Crippen LogP contribution is -2.12. The van der Waals surface area contributed by atoms with E-state index in [4.69, 9.17) is 0 Å². The maximum Gasteiger partial charge on any atom is 0.257 e. The standard InChI is InChI=1S/C20H17N5O/c1-21-16-10-14(11-22-12-16)20(26)23-15-8-6-13(7-9-15)19-24-17-4-2-3-5-18(17)25-19/h2-12,21H,1H3,(H,23,26)(H,24,25). The van der Waals surface area contributed by atoms with Crippen molar-refractivity contribution in [1.82, 2.24) is 15.0 Å². The number of fused-ring (bicyclic) bond motifs is 1. The first-order chi connectivity index (χ1) is 12.7. The summed E-state index contributed by atoms with van der Waals surface area (Å²) in [4.78, 5) is 24.3. The van der Waals surface area contributed by atoms with Crippen molar-refractivity contribution in [3.8, 4) is 11.4 Å². The highest BCUT2D eigenvalue weighted by molar-refractivity contribution is 6.04. The molecular weight excluding hydrogens is 326 g/mol. The lowest BCUT2D eigenvalue weighted by atomic mass is 10.2. The highest BCUT2D eigenvalue weighted by Gasteiger charge is 2.09. The lowest BCUT2D eigenvalue weighted by molar-refractivity contribution is 0.102. The third-order valence-electron chi connectivity index (χ3n) is 4.09. The van der Waals surface area contributed by atoms with Gasteiger partial charge in [-0.3, -0.25) is 9.78 Å². The number of nitrogens with zero attached hydrogens (tertiary/aromatic N) is 2. The van der Waals surface area contributed by atoms with E-state index in [0.717, 1.165) is 28.1 Å². The Labute approximate surface area is 150 Å². The highest BCUT2D eigenvalue weighted by Crippen LogP contribution is 2.22. The van der Waals surface area contributed by atoms with Gasteiger partial charge in [-0.1, -0.05) is 12.1 Å². The van der Waals surface area contributed by atoms with Gasteiger partial charge in [0.25, 0.3) is 5.91 Å². The number of imidazole rings is 1. The van der Waals surface area contributed by atoms with Gasteiger partial charge in [-0.25, -0.2) is 4.98 Å². The van der Waals surface area contributed by atoms with E-state index in [1.807, 2.05) is 48.5 Å². The van der Waals surface area contributed by atoms with Crippen LogP contribution in [0.5, 0.6) is 0 Å². The zero-order valence-corrected chi connectivity index (χ0v) is 14.2. The smallest absolute Gasteiger partial charge is 0.257 e. The molecule has 0 radical (unpaired) electrons. The number of aromatic amines is 1. The Morgan fingerprint density at radius 3 is 2.58 bits per heavy atom. The van der Waals surface area contributed by atoms with E-state index in [9.17, 15) is 4.79 Å². The van der Waals surface area contributed by atoms with Gasteiger partial charge in [0.05, 0.1) is 22.3 Å². The molecule has 2 aromatic heterocycles. The number of hydrogen-bond donors (Lipinski definition) is 3. The van der Waals surface area contributed by atoms with Crippen LogP contribution in [0.1, 0.15) is 10.4 Å². The summed E-state index contributed by atoms with van der Waals surface area (Å²) < 4.78 is 0. The monoisotopic (exact) mass is 343 g/mol. The second-order valence-electron chi connectivity index (χ2n) is 5.85. The van der Waals surface area contributed by atoms with Crippen LogP contribution in [0.15, 0.2) is 67.0 Å². The first-order valence-electron chi connectivity index (χ1n) is 8.22. The van der Waals surface area contributed by atoms with Crippen LogP contribution in [-0.2, 0) is 0 Å². The minimum absolute atomic E-state index is 0.203. The number of H-pyrrole nitrogens is 1. The molecule has 4 aromatic rings. The molecule has 0 fully saturated rings. The number of benzene rings is 2. The van der Waals surface area contributed by atoms with E-state index >= 15 is 0 Å². The van der Waals surface area contributed by atoms with E-state index in [1.54, 1.807) is 25.5 Å². The van der Waals surface area contributed by atoms with E-state index in [1.165, 1.54) is 0 Å². The first-order valence-corrected chi connectivity index (χ1v) is 8.22. The predicted octanol–water partition coefficient (Wildman–Crippen LogP) is 3.92. The minimum atomic E-state index is -0.203. The summed E-state index contributed by atoms with van der Waals surface area (Å²) in [5.41, 5.74) is 4.88. The molecule has 0 bridgehead atoms. The summed E-state index contributed by atoms with van der Waals surface area (Å²) in [6.45, 7) is 0. The quantitative estimate of drug-likeness (QED) is 0.524. The summed E-state index contributed by atoms with van der Waals surface area (Å²) in [7, 11) is 1.79. The fourth-order valence-corrected chi connectivity index (χ4v) is 2.71. The number of nitrogens with one attached hydrogen (secondary N) is 3. The number of hydrogen-bond acceptors (Lipinski definition) is 4. The zero-order chi connectivity index (χ0) is 17.9. The van der Waals surface area contributed by atoms with Crippen LogP contribution in [-0.4, -0.2) is 27.9 Å². The number of pyridine rings is 1. The van der Waals surface area contributed by atoms with Crippen molar-refractivity contribution >= 4 is 28.3 Å². The van der Waals surface area contributed by atoms with Gasteiger partial charge in [0.2, 0.25) is 0 Å². The van der Waals surface area contributed by atoms with Crippen molar-refractivity contribution in [3.63, 3.8) is 0 Å². The summed E-state index contributed by atoms with van der Waals surface area (Å²) in [6, 6.07) is 17.2. The second-order valence-corrected chi connectivity index (χ2v) is 5.85. The van der Waals surface area contributed by atoms with Crippen molar-refractivity contribution in [1.29, 1.82) is 0 Å². The van der Waals surface area contributed by atoms with E-state index in [0.29, 0.717) is 11.3 Å². The van der Waals surface area contributed by atoms with Gasteiger partial charge in [0, 0.05) is 30.7 Å². The maximum atomic E-state index is 12.4. The molecule has 0 atom stereocenters. The van der Waals surface area contributed by atoms with Gasteiger partial charge >= 0.3 is 0 Å². The Balaban J connectivity index is 1.53. The molecule has 2 aromatic carbocycles. The summed E-state index contributed by atoms with van der Waals surface area (Å²) in [5.74, 6) is 0.598. The van der Waals surface area contributed by atoms with Crippen LogP contribution in [0, 0.1) is 0 Å². The molecule has 2 heterocycles. The fourth-order valence-electron chi connectivity index (χ4n) is 2.71. The number of carbonyl (C=O) groups is 1. The summed E-state index contributed by atoms with van der Waals surface area (Å²) in [6.07, 6.45) is 3.21. The molecule has 0 aliphatic rings. The van der Waals surface area contributed by atoms with Gasteiger partial charge in [-0.15, -0.1) is 0 Å². The Morgan fingerprint density at radius 2 is 1.81 bits per heavy atom. The molecule has 0 aliphatic carbocycles.